The zero-order valence-corrected chi connectivity index (χ0v) is 31.0. The van der Waals surface area contributed by atoms with Crippen LogP contribution in [0.1, 0.15) is 12.8 Å². The van der Waals surface area contributed by atoms with Crippen molar-refractivity contribution in [1.29, 1.82) is 0 Å². The number of rotatable bonds is 5. The third kappa shape index (κ3) is 9.82. The van der Waals surface area contributed by atoms with Crippen molar-refractivity contribution in [3.8, 4) is 34.7 Å². The molecule has 7 heterocycles. The molecule has 0 saturated carbocycles. The standard InChI is InChI=1S/C16H17N3O2.2C8H10N4.2ClH.Os/c20-16(21)12-5-9-19(10-6-12)13-4-8-18-15(11-13)14-3-1-2-7-17-14;2*1-11-5-3-9-7(11)8-10-4-6-12(8)2;;;/h1-4,7-8,11-12H,5-6,9-10H2,(H,20,21);2*3-6H,1-2H3;2*1H;/q;;;;;+2/p-2. The van der Waals surface area contributed by atoms with Gasteiger partial charge in [-0.05, 0) is 37.1 Å². The average Bonchev–Trinajstić information content (AvgIpc) is 3.88. The summed E-state index contributed by atoms with van der Waals surface area (Å²) in [6.07, 6.45) is 19.6. The largest absolute Gasteiger partial charge is 2.00 e. The molecular weight excluding hydrogens is 832 g/mol. The maximum Gasteiger partial charge on any atom is 2.00 e. The second-order valence-electron chi connectivity index (χ2n) is 10.7. The Morgan fingerprint density at radius 3 is 1.42 bits per heavy atom. The van der Waals surface area contributed by atoms with E-state index < -0.39 is 5.97 Å². The number of carboxylic acid groups (broad SMARTS) is 1. The Hall–Kier alpha value is -4.37. The van der Waals surface area contributed by atoms with Crippen molar-refractivity contribution in [1.82, 2.24) is 48.2 Å². The van der Waals surface area contributed by atoms with E-state index in [0.717, 1.165) is 53.5 Å². The number of hydrogen-bond donors (Lipinski definition) is 1. The molecule has 0 radical (unpaired) electrons. The molecular formula is C32H37Cl2N11O2Os. The molecule has 0 aliphatic carbocycles. The third-order valence-corrected chi connectivity index (χ3v) is 7.56. The van der Waals surface area contributed by atoms with Crippen LogP contribution < -0.4 is 29.7 Å². The maximum atomic E-state index is 11.0. The SMILES string of the molecule is Cn1ccnc1-c1nccn1C.Cn1ccnc1-c1nccn1C.O=C(O)C1CCN(c2ccnc(-c3ccccn3)c2)CC1.[Cl-].[Cl-].[Os+2]. The summed E-state index contributed by atoms with van der Waals surface area (Å²) in [4.78, 5) is 38.7. The number of carboxylic acids is 1. The fraction of sp³-hybridized carbons (Fsp3) is 0.281. The molecule has 16 heteroatoms. The van der Waals surface area contributed by atoms with E-state index in [0.29, 0.717) is 12.8 Å². The summed E-state index contributed by atoms with van der Waals surface area (Å²) in [7, 11) is 7.82. The first-order chi connectivity index (χ1) is 21.8. The molecule has 0 spiro atoms. The van der Waals surface area contributed by atoms with Gasteiger partial charge in [0.1, 0.15) is 0 Å². The van der Waals surface area contributed by atoms with Crippen molar-refractivity contribution in [2.75, 3.05) is 18.0 Å². The third-order valence-electron chi connectivity index (χ3n) is 7.56. The Morgan fingerprint density at radius 2 is 1.06 bits per heavy atom. The number of aliphatic carboxylic acids is 1. The molecule has 1 aliphatic heterocycles. The maximum absolute atomic E-state index is 11.0. The molecule has 1 N–H and O–H groups in total. The van der Waals surface area contributed by atoms with Crippen LogP contribution >= 0.6 is 0 Å². The van der Waals surface area contributed by atoms with E-state index in [1.165, 1.54) is 0 Å². The minimum Gasteiger partial charge on any atom is -1.00 e. The predicted molar refractivity (Wildman–Crippen MR) is 171 cm³/mol. The van der Waals surface area contributed by atoms with Crippen LogP contribution in [0, 0.1) is 5.92 Å². The second-order valence-corrected chi connectivity index (χ2v) is 10.7. The Bertz CT molecular complexity index is 1680. The molecule has 6 aromatic rings. The smallest absolute Gasteiger partial charge is 1.00 e. The first-order valence-corrected chi connectivity index (χ1v) is 14.6. The van der Waals surface area contributed by atoms with E-state index in [-0.39, 0.29) is 50.5 Å². The van der Waals surface area contributed by atoms with Gasteiger partial charge in [0.2, 0.25) is 0 Å². The van der Waals surface area contributed by atoms with Crippen LogP contribution in [0.15, 0.2) is 92.3 Å². The molecule has 0 amide bonds. The number of aryl methyl sites for hydroxylation is 4. The van der Waals surface area contributed by atoms with E-state index in [1.54, 1.807) is 37.2 Å². The van der Waals surface area contributed by atoms with E-state index in [4.69, 9.17) is 5.11 Å². The number of aromatic nitrogens is 10. The molecule has 1 fully saturated rings. The van der Waals surface area contributed by atoms with Crippen LogP contribution in [-0.4, -0.2) is 72.3 Å². The van der Waals surface area contributed by atoms with Gasteiger partial charge in [0, 0.05) is 109 Å². The number of piperidine rings is 1. The number of halogens is 2. The van der Waals surface area contributed by atoms with Crippen molar-refractivity contribution in [3.63, 3.8) is 0 Å². The van der Waals surface area contributed by atoms with Crippen LogP contribution in [0.3, 0.4) is 0 Å². The summed E-state index contributed by atoms with van der Waals surface area (Å²) in [5.41, 5.74) is 2.77. The van der Waals surface area contributed by atoms with Gasteiger partial charge in [0.05, 0.1) is 17.3 Å². The van der Waals surface area contributed by atoms with E-state index in [2.05, 4.69) is 34.8 Å². The summed E-state index contributed by atoms with van der Waals surface area (Å²) >= 11 is 0. The Kier molecular flexibility index (Phi) is 15.6. The van der Waals surface area contributed by atoms with Gasteiger partial charge in [-0.15, -0.1) is 0 Å². The zero-order valence-electron chi connectivity index (χ0n) is 27.0. The molecule has 6 aromatic heterocycles. The van der Waals surface area contributed by atoms with Gasteiger partial charge < -0.3 is 53.1 Å². The molecule has 254 valence electrons. The van der Waals surface area contributed by atoms with Crippen molar-refractivity contribution in [3.05, 3.63) is 92.3 Å². The number of hydrogen-bond acceptors (Lipinski definition) is 8. The Labute approximate surface area is 305 Å². The van der Waals surface area contributed by atoms with Crippen LogP contribution in [0.25, 0.3) is 34.7 Å². The molecule has 0 aromatic carbocycles. The predicted octanol–water partition coefficient (Wildman–Crippen LogP) is -1.91. The van der Waals surface area contributed by atoms with Gasteiger partial charge in [-0.3, -0.25) is 14.8 Å². The first kappa shape index (κ1) is 39.8. The van der Waals surface area contributed by atoms with Gasteiger partial charge in [-0.2, -0.15) is 0 Å². The molecule has 7 rings (SSSR count). The van der Waals surface area contributed by atoms with E-state index in [1.807, 2.05) is 102 Å². The monoisotopic (exact) mass is 869 g/mol. The van der Waals surface area contributed by atoms with Crippen molar-refractivity contribution in [2.45, 2.75) is 12.8 Å². The van der Waals surface area contributed by atoms with Gasteiger partial charge in [-0.25, -0.2) is 19.9 Å². The van der Waals surface area contributed by atoms with Crippen molar-refractivity contribution in [2.24, 2.45) is 34.1 Å². The Balaban J connectivity index is 0.000000257. The second kappa shape index (κ2) is 18.8. The summed E-state index contributed by atoms with van der Waals surface area (Å²) in [5, 5.41) is 9.05. The summed E-state index contributed by atoms with van der Waals surface area (Å²) in [6.45, 7) is 1.53. The number of nitrogens with zero attached hydrogens (tertiary/aromatic N) is 11. The van der Waals surface area contributed by atoms with Gasteiger partial charge in [0.25, 0.3) is 0 Å². The number of carbonyl (C=O) groups is 1. The summed E-state index contributed by atoms with van der Waals surface area (Å²) in [6, 6.07) is 9.73. The summed E-state index contributed by atoms with van der Waals surface area (Å²) in [5.74, 6) is 2.67. The minimum absolute atomic E-state index is 0. The molecule has 1 saturated heterocycles. The van der Waals surface area contributed by atoms with Crippen LogP contribution in [0.5, 0.6) is 0 Å². The van der Waals surface area contributed by atoms with Crippen LogP contribution in [-0.2, 0) is 52.8 Å². The van der Waals surface area contributed by atoms with Gasteiger partial charge in [-0.1, -0.05) is 6.07 Å². The summed E-state index contributed by atoms with van der Waals surface area (Å²) < 4.78 is 7.79. The number of pyridine rings is 2. The topological polar surface area (TPSA) is 138 Å². The molecule has 0 bridgehead atoms. The van der Waals surface area contributed by atoms with Crippen LogP contribution in [0.2, 0.25) is 0 Å². The van der Waals surface area contributed by atoms with Gasteiger partial charge >= 0.3 is 25.8 Å². The van der Waals surface area contributed by atoms with Crippen molar-refractivity contribution < 1.29 is 54.5 Å². The number of anilines is 1. The molecule has 0 unspecified atom stereocenters. The molecule has 1 aliphatic rings. The number of imidazole rings is 4. The van der Waals surface area contributed by atoms with E-state index >= 15 is 0 Å². The normalized spacial score (nSPS) is 12.2. The quantitative estimate of drug-likeness (QED) is 0.211. The first-order valence-electron chi connectivity index (χ1n) is 14.6. The van der Waals surface area contributed by atoms with E-state index in [9.17, 15) is 4.79 Å². The fourth-order valence-corrected chi connectivity index (χ4v) is 4.98. The van der Waals surface area contributed by atoms with Crippen LogP contribution in [0.4, 0.5) is 5.69 Å². The molecule has 13 nitrogen and oxygen atoms in total. The minimum atomic E-state index is -0.682. The van der Waals surface area contributed by atoms with Crippen molar-refractivity contribution >= 4 is 11.7 Å². The van der Waals surface area contributed by atoms with Gasteiger partial charge in [0.15, 0.2) is 23.3 Å². The molecule has 0 atom stereocenters. The Morgan fingerprint density at radius 1 is 0.625 bits per heavy atom. The average molecular weight is 869 g/mol. The zero-order chi connectivity index (χ0) is 31.8. The fourth-order valence-electron chi connectivity index (χ4n) is 4.98. The molecule has 48 heavy (non-hydrogen) atoms.